The summed E-state index contributed by atoms with van der Waals surface area (Å²) < 4.78 is 0. The zero-order chi connectivity index (χ0) is 18.2. The van der Waals surface area contributed by atoms with Crippen LogP contribution in [0.4, 0.5) is 0 Å². The van der Waals surface area contributed by atoms with E-state index in [9.17, 15) is 9.59 Å². The number of rotatable bonds is 4. The Kier molecular flexibility index (Phi) is 5.62. The predicted molar refractivity (Wildman–Crippen MR) is 100 cm³/mol. The molecule has 5 heteroatoms. The first-order valence-electron chi connectivity index (χ1n) is 8.16. The molecule has 1 N–H and O–H groups in total. The smallest absolute Gasteiger partial charge is 0.170 e. The summed E-state index contributed by atoms with van der Waals surface area (Å²) in [5, 5.41) is 10.3. The van der Waals surface area contributed by atoms with Crippen LogP contribution in [0.25, 0.3) is 11.0 Å². The molecular formula is C21H17N3O2. The van der Waals surface area contributed by atoms with E-state index in [2.05, 4.69) is 15.4 Å². The van der Waals surface area contributed by atoms with Crippen molar-refractivity contribution in [2.75, 3.05) is 0 Å². The maximum atomic E-state index is 11.8. The molecule has 0 radical (unpaired) electrons. The summed E-state index contributed by atoms with van der Waals surface area (Å²) in [5.41, 5.74) is 2.99. The van der Waals surface area contributed by atoms with Crippen molar-refractivity contribution in [3.8, 4) is 0 Å². The second kappa shape index (κ2) is 8.48. The highest BCUT2D eigenvalue weighted by Gasteiger charge is 2.12. The number of H-pyrrole nitrogens is 1. The van der Waals surface area contributed by atoms with E-state index in [0.717, 1.165) is 11.0 Å². The molecule has 4 rings (SSSR count). The minimum Gasteiger partial charge on any atom is -0.294 e. The summed E-state index contributed by atoms with van der Waals surface area (Å²) in [7, 11) is 0. The number of para-hydroxylation sites is 2. The van der Waals surface area contributed by atoms with Crippen molar-refractivity contribution < 1.29 is 9.59 Å². The molecule has 1 aromatic heterocycles. The van der Waals surface area contributed by atoms with Crippen LogP contribution in [0, 0.1) is 0 Å². The maximum absolute atomic E-state index is 11.8. The molecule has 3 aromatic carbocycles. The van der Waals surface area contributed by atoms with Crippen molar-refractivity contribution >= 4 is 22.6 Å². The van der Waals surface area contributed by atoms with E-state index in [-0.39, 0.29) is 18.0 Å². The Morgan fingerprint density at radius 1 is 0.615 bits per heavy atom. The highest BCUT2D eigenvalue weighted by Crippen LogP contribution is 2.08. The van der Waals surface area contributed by atoms with Gasteiger partial charge in [0.15, 0.2) is 11.6 Å². The largest absolute Gasteiger partial charge is 0.294 e. The number of benzene rings is 3. The molecule has 26 heavy (non-hydrogen) atoms. The minimum atomic E-state index is -0.139. The monoisotopic (exact) mass is 343 g/mol. The molecule has 0 amide bonds. The molecule has 0 aliphatic heterocycles. The normalized spacial score (nSPS) is 10.0. The van der Waals surface area contributed by atoms with Crippen molar-refractivity contribution in [3.63, 3.8) is 0 Å². The number of nitrogens with one attached hydrogen (secondary N) is 1. The Morgan fingerprint density at radius 2 is 1.00 bits per heavy atom. The van der Waals surface area contributed by atoms with Crippen LogP contribution < -0.4 is 0 Å². The second-order valence-corrected chi connectivity index (χ2v) is 5.57. The van der Waals surface area contributed by atoms with E-state index in [1.807, 2.05) is 36.4 Å². The zero-order valence-electron chi connectivity index (χ0n) is 14.0. The molecule has 0 fully saturated rings. The molecule has 0 saturated carbocycles. The van der Waals surface area contributed by atoms with Gasteiger partial charge in [0.25, 0.3) is 0 Å². The number of hydrogen-bond donors (Lipinski definition) is 1. The summed E-state index contributed by atoms with van der Waals surface area (Å²) in [4.78, 5) is 23.6. The number of Topliss-reactive ketones (excluding diaryl/α,β-unsaturated/α-hetero) is 2. The van der Waals surface area contributed by atoms with E-state index in [1.165, 1.54) is 0 Å². The van der Waals surface area contributed by atoms with Crippen molar-refractivity contribution in [1.82, 2.24) is 15.4 Å². The summed E-state index contributed by atoms with van der Waals surface area (Å²) in [6.45, 7) is 0. The van der Waals surface area contributed by atoms with E-state index >= 15 is 0 Å². The number of carbonyl (C=O) groups is 2. The highest BCUT2D eigenvalue weighted by molar-refractivity contribution is 6.13. The van der Waals surface area contributed by atoms with Crippen molar-refractivity contribution in [1.29, 1.82) is 0 Å². The fourth-order valence-corrected chi connectivity index (χ4v) is 2.38. The number of ketones is 2. The molecule has 1 heterocycles. The molecule has 0 atom stereocenters. The summed E-state index contributed by atoms with van der Waals surface area (Å²) >= 11 is 0. The third kappa shape index (κ3) is 4.48. The number of aromatic amines is 1. The van der Waals surface area contributed by atoms with E-state index < -0.39 is 0 Å². The first-order chi connectivity index (χ1) is 12.7. The van der Waals surface area contributed by atoms with Crippen LogP contribution in [-0.2, 0) is 0 Å². The van der Waals surface area contributed by atoms with Gasteiger partial charge in [-0.05, 0) is 12.1 Å². The van der Waals surface area contributed by atoms with E-state index in [0.29, 0.717) is 11.1 Å². The lowest BCUT2D eigenvalue weighted by Gasteiger charge is -2.00. The number of nitrogens with zero attached hydrogens (tertiary/aromatic N) is 2. The average molecular weight is 343 g/mol. The standard InChI is InChI=1S/C15H12O2.C6H5N3/c16-14(12-7-3-1-4-8-12)11-15(17)13-9-5-2-6-10-13;1-2-4-6-5(3-1)7-9-8-6/h1-10H,11H2;1-4H,(H,7,8,9). The van der Waals surface area contributed by atoms with Crippen LogP contribution >= 0.6 is 0 Å². The second-order valence-electron chi connectivity index (χ2n) is 5.57. The number of carbonyl (C=O) groups excluding carboxylic acids is 2. The molecule has 0 bridgehead atoms. The Bertz CT molecular complexity index is 916. The van der Waals surface area contributed by atoms with Gasteiger partial charge in [0.2, 0.25) is 0 Å². The molecule has 128 valence electrons. The van der Waals surface area contributed by atoms with Crippen molar-refractivity contribution in [2.45, 2.75) is 6.42 Å². The Labute approximate surface area is 150 Å². The van der Waals surface area contributed by atoms with Crippen LogP contribution in [-0.4, -0.2) is 27.0 Å². The van der Waals surface area contributed by atoms with Gasteiger partial charge >= 0.3 is 0 Å². The molecule has 4 aromatic rings. The summed E-state index contributed by atoms with van der Waals surface area (Å²) in [6.07, 6.45) is -0.0754. The van der Waals surface area contributed by atoms with Crippen LogP contribution in [0.15, 0.2) is 84.9 Å². The average Bonchev–Trinajstić information content (AvgIpc) is 3.18. The quantitative estimate of drug-likeness (QED) is 0.447. The molecular weight excluding hydrogens is 326 g/mol. The molecule has 0 spiro atoms. The lowest BCUT2D eigenvalue weighted by Crippen LogP contribution is -2.08. The summed E-state index contributed by atoms with van der Waals surface area (Å²) in [6, 6.07) is 25.4. The lowest BCUT2D eigenvalue weighted by molar-refractivity contribution is 0.0894. The van der Waals surface area contributed by atoms with Crippen molar-refractivity contribution in [3.05, 3.63) is 96.1 Å². The maximum Gasteiger partial charge on any atom is 0.170 e. The Hall–Kier alpha value is -3.60. The molecule has 5 nitrogen and oxygen atoms in total. The van der Waals surface area contributed by atoms with Crippen LogP contribution in [0.2, 0.25) is 0 Å². The summed E-state index contributed by atoms with van der Waals surface area (Å²) in [5.74, 6) is -0.279. The number of hydrogen-bond acceptors (Lipinski definition) is 4. The van der Waals surface area contributed by atoms with Crippen LogP contribution in [0.3, 0.4) is 0 Å². The SMILES string of the molecule is O=C(CC(=O)c1ccccc1)c1ccccc1.c1ccc2n[nH]nc2c1. The molecule has 0 aliphatic rings. The van der Waals surface area contributed by atoms with Gasteiger partial charge in [0.05, 0.1) is 6.42 Å². The van der Waals surface area contributed by atoms with Crippen LogP contribution in [0.1, 0.15) is 27.1 Å². The Balaban J connectivity index is 0.000000181. The zero-order valence-corrected chi connectivity index (χ0v) is 14.0. The Morgan fingerprint density at radius 3 is 1.42 bits per heavy atom. The number of fused-ring (bicyclic) bond motifs is 1. The van der Waals surface area contributed by atoms with Crippen molar-refractivity contribution in [2.24, 2.45) is 0 Å². The topological polar surface area (TPSA) is 75.7 Å². The van der Waals surface area contributed by atoms with Gasteiger partial charge in [0, 0.05) is 11.1 Å². The van der Waals surface area contributed by atoms with E-state index in [1.54, 1.807) is 48.5 Å². The molecule has 0 saturated heterocycles. The first kappa shape index (κ1) is 17.2. The third-order valence-electron chi connectivity index (χ3n) is 3.74. The lowest BCUT2D eigenvalue weighted by atomic mass is 10.0. The minimum absolute atomic E-state index is 0.0754. The van der Waals surface area contributed by atoms with Gasteiger partial charge in [-0.15, -0.1) is 0 Å². The van der Waals surface area contributed by atoms with E-state index in [4.69, 9.17) is 0 Å². The fraction of sp³-hybridized carbons (Fsp3) is 0.0476. The highest BCUT2D eigenvalue weighted by atomic mass is 16.1. The van der Waals surface area contributed by atoms with Gasteiger partial charge in [-0.1, -0.05) is 72.8 Å². The number of aromatic nitrogens is 3. The van der Waals surface area contributed by atoms with Gasteiger partial charge < -0.3 is 0 Å². The first-order valence-corrected chi connectivity index (χ1v) is 8.16. The predicted octanol–water partition coefficient (Wildman–Crippen LogP) is 4.10. The van der Waals surface area contributed by atoms with Gasteiger partial charge in [0.1, 0.15) is 11.0 Å². The van der Waals surface area contributed by atoms with Crippen LogP contribution in [0.5, 0.6) is 0 Å². The van der Waals surface area contributed by atoms with Gasteiger partial charge in [-0.2, -0.15) is 15.4 Å². The van der Waals surface area contributed by atoms with Gasteiger partial charge in [-0.25, -0.2) is 0 Å². The van der Waals surface area contributed by atoms with Gasteiger partial charge in [-0.3, -0.25) is 9.59 Å². The fourth-order valence-electron chi connectivity index (χ4n) is 2.38. The third-order valence-corrected chi connectivity index (χ3v) is 3.74. The molecule has 0 aliphatic carbocycles. The molecule has 0 unspecified atom stereocenters.